The minimum atomic E-state index is -0.203. The van der Waals surface area contributed by atoms with Gasteiger partial charge in [0.15, 0.2) is 6.61 Å². The molecule has 2 N–H and O–H groups in total. The number of nitrogens with one attached hydrogen (secondary N) is 2. The van der Waals surface area contributed by atoms with Crippen molar-refractivity contribution in [3.63, 3.8) is 0 Å². The van der Waals surface area contributed by atoms with E-state index in [9.17, 15) is 9.59 Å². The molecule has 0 aliphatic rings. The molecular formula is C16H25N3O3. The highest BCUT2D eigenvalue weighted by atomic mass is 16.5. The highest BCUT2D eigenvalue weighted by molar-refractivity contribution is 5.97. The van der Waals surface area contributed by atoms with Gasteiger partial charge >= 0.3 is 0 Å². The number of hydrogen-bond acceptors (Lipinski definition) is 4. The summed E-state index contributed by atoms with van der Waals surface area (Å²) in [7, 11) is 3.32. The molecule has 0 fully saturated rings. The standard InChI is InChI=1S/C16H25N3O3/c1-4-9-17-10-11-18-16(21)13-7-5-6-8-14(13)22-12-15(20)19(2)3/h5-8,17H,4,9-12H2,1-3H3,(H,18,21). The molecule has 0 radical (unpaired) electrons. The molecule has 0 bridgehead atoms. The summed E-state index contributed by atoms with van der Waals surface area (Å²) in [5, 5.41) is 6.04. The highest BCUT2D eigenvalue weighted by Crippen LogP contribution is 2.17. The molecule has 6 nitrogen and oxygen atoms in total. The van der Waals surface area contributed by atoms with Crippen LogP contribution in [-0.4, -0.2) is 57.1 Å². The van der Waals surface area contributed by atoms with Crippen LogP contribution in [-0.2, 0) is 4.79 Å². The van der Waals surface area contributed by atoms with Crippen molar-refractivity contribution in [3.05, 3.63) is 29.8 Å². The van der Waals surface area contributed by atoms with Crippen LogP contribution < -0.4 is 15.4 Å². The number of amides is 2. The summed E-state index contributed by atoms with van der Waals surface area (Å²) in [6, 6.07) is 6.91. The van der Waals surface area contributed by atoms with Gasteiger partial charge in [0.25, 0.3) is 11.8 Å². The first-order valence-corrected chi connectivity index (χ1v) is 7.47. The van der Waals surface area contributed by atoms with Crippen LogP contribution in [0.5, 0.6) is 5.75 Å². The van der Waals surface area contributed by atoms with Crippen LogP contribution in [0.4, 0.5) is 0 Å². The van der Waals surface area contributed by atoms with Gasteiger partial charge in [-0.2, -0.15) is 0 Å². The first-order chi connectivity index (χ1) is 10.6. The maximum absolute atomic E-state index is 12.2. The summed E-state index contributed by atoms with van der Waals surface area (Å²) in [5.74, 6) is 0.0573. The normalized spacial score (nSPS) is 10.1. The van der Waals surface area contributed by atoms with Crippen molar-refractivity contribution in [1.82, 2.24) is 15.5 Å². The smallest absolute Gasteiger partial charge is 0.259 e. The van der Waals surface area contributed by atoms with Gasteiger partial charge in [-0.3, -0.25) is 9.59 Å². The van der Waals surface area contributed by atoms with E-state index in [0.717, 1.165) is 19.5 Å². The molecule has 2 amide bonds. The Labute approximate surface area is 131 Å². The fraction of sp³-hybridized carbons (Fsp3) is 0.500. The molecule has 1 rings (SSSR count). The molecule has 122 valence electrons. The zero-order chi connectivity index (χ0) is 16.4. The van der Waals surface area contributed by atoms with Gasteiger partial charge in [-0.1, -0.05) is 19.1 Å². The Morgan fingerprint density at radius 1 is 1.14 bits per heavy atom. The first-order valence-electron chi connectivity index (χ1n) is 7.47. The number of rotatable bonds is 9. The summed E-state index contributed by atoms with van der Waals surface area (Å²) in [5.41, 5.74) is 0.435. The number of likely N-dealkylation sites (N-methyl/N-ethyl adjacent to an activating group) is 1. The second-order valence-corrected chi connectivity index (χ2v) is 5.08. The maximum atomic E-state index is 12.2. The van der Waals surface area contributed by atoms with Crippen LogP contribution in [0.15, 0.2) is 24.3 Å². The van der Waals surface area contributed by atoms with Gasteiger partial charge in [-0.25, -0.2) is 0 Å². The zero-order valence-corrected chi connectivity index (χ0v) is 13.5. The molecule has 0 saturated carbocycles. The molecule has 0 heterocycles. The zero-order valence-electron chi connectivity index (χ0n) is 13.5. The minimum absolute atomic E-state index is 0.0879. The minimum Gasteiger partial charge on any atom is -0.483 e. The number of carbonyl (C=O) groups is 2. The third kappa shape index (κ3) is 6.13. The fourth-order valence-electron chi connectivity index (χ4n) is 1.71. The molecule has 22 heavy (non-hydrogen) atoms. The van der Waals surface area contributed by atoms with Crippen molar-refractivity contribution >= 4 is 11.8 Å². The van der Waals surface area contributed by atoms with Gasteiger partial charge in [0.1, 0.15) is 5.75 Å². The molecule has 0 saturated heterocycles. The van der Waals surface area contributed by atoms with Gasteiger partial charge < -0.3 is 20.3 Å². The van der Waals surface area contributed by atoms with E-state index in [1.54, 1.807) is 38.4 Å². The van der Waals surface area contributed by atoms with E-state index in [-0.39, 0.29) is 18.4 Å². The van der Waals surface area contributed by atoms with Crippen molar-refractivity contribution in [1.29, 1.82) is 0 Å². The molecule has 0 atom stereocenters. The lowest BCUT2D eigenvalue weighted by Gasteiger charge is -2.14. The van der Waals surface area contributed by atoms with Gasteiger partial charge in [0, 0.05) is 27.2 Å². The first kappa shape index (κ1) is 18.0. The van der Waals surface area contributed by atoms with Gasteiger partial charge in [0.05, 0.1) is 5.56 Å². The lowest BCUT2D eigenvalue weighted by Crippen LogP contribution is -2.32. The van der Waals surface area contributed by atoms with Crippen molar-refractivity contribution in [2.24, 2.45) is 0 Å². The largest absolute Gasteiger partial charge is 0.483 e. The number of para-hydroxylation sites is 1. The van der Waals surface area contributed by atoms with Crippen LogP contribution in [0.1, 0.15) is 23.7 Å². The number of hydrogen-bond donors (Lipinski definition) is 2. The van der Waals surface area contributed by atoms with E-state index in [1.165, 1.54) is 4.90 Å². The molecule has 0 spiro atoms. The topological polar surface area (TPSA) is 70.7 Å². The monoisotopic (exact) mass is 307 g/mol. The molecule has 0 aliphatic carbocycles. The Morgan fingerprint density at radius 2 is 1.86 bits per heavy atom. The van der Waals surface area contributed by atoms with Gasteiger partial charge in [-0.05, 0) is 25.1 Å². The second-order valence-electron chi connectivity index (χ2n) is 5.08. The number of benzene rings is 1. The van der Waals surface area contributed by atoms with Crippen LogP contribution in [0, 0.1) is 0 Å². The molecule has 0 aromatic heterocycles. The Bertz CT molecular complexity index is 489. The number of nitrogens with zero attached hydrogens (tertiary/aromatic N) is 1. The Balaban J connectivity index is 2.55. The van der Waals surface area contributed by atoms with Crippen LogP contribution >= 0.6 is 0 Å². The summed E-state index contributed by atoms with van der Waals surface area (Å²) >= 11 is 0. The van der Waals surface area contributed by atoms with E-state index < -0.39 is 0 Å². The number of carbonyl (C=O) groups excluding carboxylic acids is 2. The molecular weight excluding hydrogens is 282 g/mol. The average molecular weight is 307 g/mol. The molecule has 0 aliphatic heterocycles. The molecule has 1 aromatic rings. The molecule has 6 heteroatoms. The van der Waals surface area contributed by atoms with E-state index in [0.29, 0.717) is 17.9 Å². The van der Waals surface area contributed by atoms with Crippen LogP contribution in [0.3, 0.4) is 0 Å². The van der Waals surface area contributed by atoms with Crippen molar-refractivity contribution < 1.29 is 14.3 Å². The quantitative estimate of drug-likeness (QED) is 0.665. The lowest BCUT2D eigenvalue weighted by atomic mass is 10.2. The molecule has 1 aromatic carbocycles. The molecule has 0 unspecified atom stereocenters. The third-order valence-electron chi connectivity index (χ3n) is 3.00. The Morgan fingerprint density at radius 3 is 2.55 bits per heavy atom. The van der Waals surface area contributed by atoms with Crippen LogP contribution in [0.25, 0.3) is 0 Å². The van der Waals surface area contributed by atoms with Crippen molar-refractivity contribution in [2.75, 3.05) is 40.3 Å². The maximum Gasteiger partial charge on any atom is 0.259 e. The van der Waals surface area contributed by atoms with E-state index in [1.807, 2.05) is 0 Å². The van der Waals surface area contributed by atoms with Crippen molar-refractivity contribution in [3.8, 4) is 5.75 Å². The highest BCUT2D eigenvalue weighted by Gasteiger charge is 2.13. The summed E-state index contributed by atoms with van der Waals surface area (Å²) < 4.78 is 5.46. The van der Waals surface area contributed by atoms with Gasteiger partial charge in [-0.15, -0.1) is 0 Å². The van der Waals surface area contributed by atoms with E-state index >= 15 is 0 Å². The fourth-order valence-corrected chi connectivity index (χ4v) is 1.71. The second kappa shape index (κ2) is 9.78. The Hall–Kier alpha value is -2.08. The lowest BCUT2D eigenvalue weighted by molar-refractivity contribution is -0.130. The van der Waals surface area contributed by atoms with E-state index in [4.69, 9.17) is 4.74 Å². The SMILES string of the molecule is CCCNCCNC(=O)c1ccccc1OCC(=O)N(C)C. The number of ether oxygens (including phenoxy) is 1. The summed E-state index contributed by atoms with van der Waals surface area (Å²) in [4.78, 5) is 25.2. The van der Waals surface area contributed by atoms with Gasteiger partial charge in [0.2, 0.25) is 0 Å². The predicted molar refractivity (Wildman–Crippen MR) is 86.1 cm³/mol. The van der Waals surface area contributed by atoms with Crippen molar-refractivity contribution in [2.45, 2.75) is 13.3 Å². The predicted octanol–water partition coefficient (Wildman–Crippen LogP) is 0.883. The summed E-state index contributed by atoms with van der Waals surface area (Å²) in [6.45, 7) is 4.21. The average Bonchev–Trinajstić information content (AvgIpc) is 2.52. The van der Waals surface area contributed by atoms with Crippen LogP contribution in [0.2, 0.25) is 0 Å². The van der Waals surface area contributed by atoms with E-state index in [2.05, 4.69) is 17.6 Å². The third-order valence-corrected chi connectivity index (χ3v) is 3.00. The Kier molecular flexibility index (Phi) is 7.99. The summed E-state index contributed by atoms with van der Waals surface area (Å²) in [6.07, 6.45) is 1.06.